The summed E-state index contributed by atoms with van der Waals surface area (Å²) in [6.07, 6.45) is -3.83. The Bertz CT molecular complexity index is 807. The van der Waals surface area contributed by atoms with Crippen molar-refractivity contribution < 1.29 is 22.4 Å². The average molecular weight is 312 g/mol. The molecule has 0 aliphatic rings. The fraction of sp³-hybridized carbons (Fsp3) is 0.0769. The highest BCUT2D eigenvalue weighted by atomic mass is 32.2. The highest BCUT2D eigenvalue weighted by Crippen LogP contribution is 2.33. The Morgan fingerprint density at radius 2 is 2.05 bits per heavy atom. The average Bonchev–Trinajstić information content (AvgIpc) is 3.02. The van der Waals surface area contributed by atoms with Gasteiger partial charge in [-0.25, -0.2) is 4.98 Å². The van der Waals surface area contributed by atoms with E-state index in [2.05, 4.69) is 9.97 Å². The molecule has 0 spiro atoms. The van der Waals surface area contributed by atoms with Gasteiger partial charge >= 0.3 is 6.18 Å². The van der Waals surface area contributed by atoms with Crippen molar-refractivity contribution in [1.29, 1.82) is 0 Å². The molecule has 3 aromatic rings. The Kier molecular flexibility index (Phi) is 3.25. The summed E-state index contributed by atoms with van der Waals surface area (Å²) in [6, 6.07) is 6.38. The summed E-state index contributed by atoms with van der Waals surface area (Å²) in [6.45, 7) is 0. The number of alkyl halides is 3. The Balaban J connectivity index is 1.91. The van der Waals surface area contributed by atoms with Crippen molar-refractivity contribution >= 4 is 29.1 Å². The standard InChI is InChI=1S/C13H7F3N2O2S/c14-13(15,16)7-1-3-9-10(5-7)18-12(17-9)21-11-4-2-8(6-19)20-11/h1-6H,(H,17,18). The minimum absolute atomic E-state index is 0.174. The van der Waals surface area contributed by atoms with Crippen LogP contribution in [0.1, 0.15) is 16.1 Å². The Morgan fingerprint density at radius 3 is 2.71 bits per heavy atom. The van der Waals surface area contributed by atoms with E-state index in [-0.39, 0.29) is 11.3 Å². The summed E-state index contributed by atoms with van der Waals surface area (Å²) in [4.78, 5) is 17.5. The van der Waals surface area contributed by atoms with Crippen LogP contribution in [0.4, 0.5) is 13.2 Å². The SMILES string of the molecule is O=Cc1ccc(Sc2nc3ccc(C(F)(F)F)cc3[nH]2)o1. The number of benzene rings is 1. The molecule has 21 heavy (non-hydrogen) atoms. The van der Waals surface area contributed by atoms with Crippen molar-refractivity contribution in [2.75, 3.05) is 0 Å². The summed E-state index contributed by atoms with van der Waals surface area (Å²) in [5, 5.41) is 0.809. The molecular weight excluding hydrogens is 305 g/mol. The number of hydrogen-bond donors (Lipinski definition) is 1. The maximum atomic E-state index is 12.6. The molecule has 0 saturated heterocycles. The first kappa shape index (κ1) is 13.7. The van der Waals surface area contributed by atoms with E-state index >= 15 is 0 Å². The van der Waals surface area contributed by atoms with E-state index in [0.29, 0.717) is 22.1 Å². The van der Waals surface area contributed by atoms with Gasteiger partial charge in [0.2, 0.25) is 0 Å². The molecule has 0 atom stereocenters. The number of H-pyrrole nitrogens is 1. The van der Waals surface area contributed by atoms with Crippen molar-refractivity contribution in [2.45, 2.75) is 16.4 Å². The van der Waals surface area contributed by atoms with E-state index in [4.69, 9.17) is 4.42 Å². The van der Waals surface area contributed by atoms with Crippen molar-refractivity contribution in [1.82, 2.24) is 9.97 Å². The third kappa shape index (κ3) is 2.80. The number of halogens is 3. The van der Waals surface area contributed by atoms with Crippen LogP contribution in [-0.2, 0) is 6.18 Å². The van der Waals surface area contributed by atoms with E-state index in [1.54, 1.807) is 6.07 Å². The first-order chi connectivity index (χ1) is 9.95. The van der Waals surface area contributed by atoms with Gasteiger partial charge in [-0.2, -0.15) is 13.2 Å². The molecule has 0 fully saturated rings. The zero-order valence-corrected chi connectivity index (χ0v) is 11.1. The molecule has 0 bridgehead atoms. The van der Waals surface area contributed by atoms with Gasteiger partial charge in [-0.1, -0.05) is 0 Å². The van der Waals surface area contributed by atoms with E-state index in [0.717, 1.165) is 23.9 Å². The molecule has 0 saturated carbocycles. The lowest BCUT2D eigenvalue weighted by atomic mass is 10.2. The number of carbonyl (C=O) groups is 1. The Hall–Kier alpha value is -2.22. The van der Waals surface area contributed by atoms with Gasteiger partial charge in [-0.3, -0.25) is 4.79 Å². The summed E-state index contributed by atoms with van der Waals surface area (Å²) < 4.78 is 43.0. The van der Waals surface area contributed by atoms with Gasteiger partial charge in [-0.05, 0) is 42.1 Å². The number of hydrogen-bond acceptors (Lipinski definition) is 4. The number of imidazole rings is 1. The van der Waals surface area contributed by atoms with Crippen LogP contribution < -0.4 is 0 Å². The van der Waals surface area contributed by atoms with Crippen molar-refractivity contribution in [3.63, 3.8) is 0 Å². The molecular formula is C13H7F3N2O2S. The monoisotopic (exact) mass is 312 g/mol. The lowest BCUT2D eigenvalue weighted by Gasteiger charge is -2.04. The largest absolute Gasteiger partial charge is 0.447 e. The van der Waals surface area contributed by atoms with Gasteiger partial charge in [0.05, 0.1) is 16.6 Å². The summed E-state index contributed by atoms with van der Waals surface area (Å²) in [5.41, 5.74) is -0.0291. The van der Waals surface area contributed by atoms with Crippen molar-refractivity contribution in [3.05, 3.63) is 41.7 Å². The first-order valence-electron chi connectivity index (χ1n) is 5.75. The Labute approximate surface area is 120 Å². The minimum atomic E-state index is -4.40. The maximum absolute atomic E-state index is 12.6. The minimum Gasteiger partial charge on any atom is -0.447 e. The highest BCUT2D eigenvalue weighted by molar-refractivity contribution is 7.99. The molecule has 4 nitrogen and oxygen atoms in total. The van der Waals surface area contributed by atoms with Gasteiger partial charge in [-0.15, -0.1) is 0 Å². The predicted octanol–water partition coefficient (Wildman–Crippen LogP) is 4.14. The third-order valence-corrected chi connectivity index (χ3v) is 3.51. The van der Waals surface area contributed by atoms with Crippen LogP contribution in [0.25, 0.3) is 11.0 Å². The van der Waals surface area contributed by atoms with Crippen LogP contribution in [0.5, 0.6) is 0 Å². The molecule has 0 amide bonds. The lowest BCUT2D eigenvalue weighted by molar-refractivity contribution is -0.137. The molecule has 8 heteroatoms. The van der Waals surface area contributed by atoms with Gasteiger partial charge in [0, 0.05) is 0 Å². The predicted molar refractivity (Wildman–Crippen MR) is 69.3 cm³/mol. The van der Waals surface area contributed by atoms with Crippen LogP contribution in [0.2, 0.25) is 0 Å². The number of nitrogens with one attached hydrogen (secondary N) is 1. The van der Waals surface area contributed by atoms with Crippen LogP contribution in [0.3, 0.4) is 0 Å². The van der Waals surface area contributed by atoms with Crippen LogP contribution in [-0.4, -0.2) is 16.3 Å². The molecule has 108 valence electrons. The van der Waals surface area contributed by atoms with Gasteiger partial charge < -0.3 is 9.40 Å². The van der Waals surface area contributed by atoms with Gasteiger partial charge in [0.1, 0.15) is 0 Å². The first-order valence-corrected chi connectivity index (χ1v) is 6.57. The lowest BCUT2D eigenvalue weighted by Crippen LogP contribution is -2.04. The van der Waals surface area contributed by atoms with Crippen molar-refractivity contribution in [3.8, 4) is 0 Å². The number of nitrogens with zero attached hydrogens (tertiary/aromatic N) is 1. The van der Waals surface area contributed by atoms with Crippen LogP contribution >= 0.6 is 11.8 Å². The zero-order chi connectivity index (χ0) is 15.0. The molecule has 3 rings (SSSR count). The second-order valence-electron chi connectivity index (χ2n) is 4.15. The number of aldehydes is 1. The van der Waals surface area contributed by atoms with E-state index in [1.165, 1.54) is 12.1 Å². The molecule has 0 aliphatic heterocycles. The van der Waals surface area contributed by atoms with Crippen LogP contribution in [0, 0.1) is 0 Å². The number of fused-ring (bicyclic) bond motifs is 1. The molecule has 1 N–H and O–H groups in total. The normalized spacial score (nSPS) is 12.0. The van der Waals surface area contributed by atoms with E-state index in [9.17, 15) is 18.0 Å². The fourth-order valence-electron chi connectivity index (χ4n) is 1.76. The fourth-order valence-corrected chi connectivity index (χ4v) is 2.53. The molecule has 0 radical (unpaired) electrons. The van der Waals surface area contributed by atoms with E-state index in [1.807, 2.05) is 0 Å². The second-order valence-corrected chi connectivity index (χ2v) is 5.14. The zero-order valence-electron chi connectivity index (χ0n) is 10.3. The summed E-state index contributed by atoms with van der Waals surface area (Å²) in [5.74, 6) is 0.174. The molecule has 1 aromatic carbocycles. The number of rotatable bonds is 3. The number of aromatic amines is 1. The highest BCUT2D eigenvalue weighted by Gasteiger charge is 2.30. The number of carbonyl (C=O) groups excluding carboxylic acids is 1. The quantitative estimate of drug-likeness (QED) is 0.738. The smallest absolute Gasteiger partial charge is 0.416 e. The maximum Gasteiger partial charge on any atom is 0.416 e. The van der Waals surface area contributed by atoms with Crippen LogP contribution in [0.15, 0.2) is 45.0 Å². The van der Waals surface area contributed by atoms with Gasteiger partial charge in [0.15, 0.2) is 22.3 Å². The Morgan fingerprint density at radius 1 is 1.24 bits per heavy atom. The summed E-state index contributed by atoms with van der Waals surface area (Å²) >= 11 is 1.09. The molecule has 2 aromatic heterocycles. The van der Waals surface area contributed by atoms with Crippen molar-refractivity contribution in [2.24, 2.45) is 0 Å². The van der Waals surface area contributed by atoms with Gasteiger partial charge in [0.25, 0.3) is 0 Å². The van der Waals surface area contributed by atoms with E-state index < -0.39 is 11.7 Å². The molecule has 0 aliphatic carbocycles. The topological polar surface area (TPSA) is 58.9 Å². The second kappa shape index (κ2) is 4.96. The third-order valence-electron chi connectivity index (χ3n) is 2.70. The number of furan rings is 1. The summed E-state index contributed by atoms with van der Waals surface area (Å²) in [7, 11) is 0. The molecule has 2 heterocycles. The number of aromatic nitrogens is 2. The molecule has 0 unspecified atom stereocenters.